The fourth-order valence-corrected chi connectivity index (χ4v) is 2.14. The Morgan fingerprint density at radius 3 is 2.50 bits per heavy atom. The molecule has 0 aliphatic heterocycles. The summed E-state index contributed by atoms with van der Waals surface area (Å²) in [4.78, 5) is 14.6. The number of aromatic nitrogens is 1. The van der Waals surface area contributed by atoms with Crippen LogP contribution in [0.25, 0.3) is 22.7 Å². The zero-order valence-electron chi connectivity index (χ0n) is 11.5. The van der Waals surface area contributed by atoms with Gasteiger partial charge in [0.1, 0.15) is 5.76 Å². The van der Waals surface area contributed by atoms with E-state index in [0.29, 0.717) is 11.3 Å². The number of benzene rings is 2. The number of aliphatic hydroxyl groups excluding tert-OH is 1. The van der Waals surface area contributed by atoms with Crippen molar-refractivity contribution in [2.75, 3.05) is 0 Å². The van der Waals surface area contributed by atoms with Crippen molar-refractivity contribution >= 4 is 28.4 Å². The van der Waals surface area contributed by atoms with Crippen molar-refractivity contribution in [2.45, 2.75) is 0 Å². The van der Waals surface area contributed by atoms with Crippen molar-refractivity contribution in [3.63, 3.8) is 0 Å². The highest BCUT2D eigenvalue weighted by molar-refractivity contribution is 5.82. The number of nitro benzene ring substituents is 1. The third-order valence-electron chi connectivity index (χ3n) is 3.28. The molecule has 0 spiro atoms. The van der Waals surface area contributed by atoms with Crippen LogP contribution in [0, 0.1) is 10.1 Å². The molecule has 0 saturated carbocycles. The number of nitrogens with zero attached hydrogens (tertiary/aromatic N) is 2. The fourth-order valence-electron chi connectivity index (χ4n) is 2.14. The van der Waals surface area contributed by atoms with Crippen molar-refractivity contribution in [3.05, 3.63) is 82.0 Å². The standard InChI is InChI=1S/C17H12N2O3/c20-17(13-6-9-15(10-7-13)19(21)22)11-14-8-5-12-3-1-2-4-16(12)18-14/h1-11,20H/b17-11-. The van der Waals surface area contributed by atoms with Gasteiger partial charge in [-0.15, -0.1) is 0 Å². The van der Waals surface area contributed by atoms with Gasteiger partial charge in [0.2, 0.25) is 0 Å². The predicted molar refractivity (Wildman–Crippen MR) is 85.3 cm³/mol. The predicted octanol–water partition coefficient (Wildman–Crippen LogP) is 4.20. The van der Waals surface area contributed by atoms with Gasteiger partial charge in [0.25, 0.3) is 5.69 Å². The van der Waals surface area contributed by atoms with Gasteiger partial charge in [-0.3, -0.25) is 10.1 Å². The summed E-state index contributed by atoms with van der Waals surface area (Å²) in [6.45, 7) is 0. The van der Waals surface area contributed by atoms with Crippen LogP contribution in [0.15, 0.2) is 60.7 Å². The Morgan fingerprint density at radius 1 is 1.05 bits per heavy atom. The zero-order chi connectivity index (χ0) is 15.5. The van der Waals surface area contributed by atoms with Crippen LogP contribution in [0.5, 0.6) is 0 Å². The summed E-state index contributed by atoms with van der Waals surface area (Å²) in [5.41, 5.74) is 1.95. The lowest BCUT2D eigenvalue weighted by Crippen LogP contribution is -1.89. The van der Waals surface area contributed by atoms with E-state index in [0.717, 1.165) is 10.9 Å². The van der Waals surface area contributed by atoms with Gasteiger partial charge < -0.3 is 5.11 Å². The first-order valence-electron chi connectivity index (χ1n) is 6.65. The van der Waals surface area contributed by atoms with Crippen LogP contribution in [0.1, 0.15) is 11.3 Å². The first kappa shape index (κ1) is 13.8. The fraction of sp³-hybridized carbons (Fsp3) is 0. The van der Waals surface area contributed by atoms with Gasteiger partial charge in [-0.05, 0) is 24.3 Å². The Bertz CT molecular complexity index is 870. The SMILES string of the molecule is O=[N+]([O-])c1ccc(/C(O)=C/c2ccc3ccccc3n2)cc1. The average Bonchev–Trinajstić information content (AvgIpc) is 2.55. The van der Waals surface area contributed by atoms with E-state index in [1.54, 1.807) is 0 Å². The Kier molecular flexibility index (Phi) is 3.53. The van der Waals surface area contributed by atoms with Gasteiger partial charge in [-0.2, -0.15) is 0 Å². The minimum atomic E-state index is -0.477. The summed E-state index contributed by atoms with van der Waals surface area (Å²) >= 11 is 0. The normalized spacial score (nSPS) is 11.5. The monoisotopic (exact) mass is 292 g/mol. The minimum absolute atomic E-state index is 0.0117. The van der Waals surface area contributed by atoms with E-state index in [2.05, 4.69) is 4.98 Å². The van der Waals surface area contributed by atoms with Crippen molar-refractivity contribution in [3.8, 4) is 0 Å². The Balaban J connectivity index is 1.93. The topological polar surface area (TPSA) is 76.3 Å². The number of nitro groups is 1. The molecule has 0 radical (unpaired) electrons. The van der Waals surface area contributed by atoms with Crippen LogP contribution >= 0.6 is 0 Å². The summed E-state index contributed by atoms with van der Waals surface area (Å²) in [5.74, 6) is 0.0117. The van der Waals surface area contributed by atoms with Crippen molar-refractivity contribution in [2.24, 2.45) is 0 Å². The molecule has 3 rings (SSSR count). The number of rotatable bonds is 3. The van der Waals surface area contributed by atoms with Gasteiger partial charge in [-0.1, -0.05) is 24.3 Å². The number of para-hydroxylation sites is 1. The van der Waals surface area contributed by atoms with Crippen LogP contribution < -0.4 is 0 Å². The maximum absolute atomic E-state index is 10.6. The van der Waals surface area contributed by atoms with Crippen LogP contribution in [0.2, 0.25) is 0 Å². The van der Waals surface area contributed by atoms with Crippen LogP contribution in [0.4, 0.5) is 5.69 Å². The average molecular weight is 292 g/mol. The summed E-state index contributed by atoms with van der Waals surface area (Å²) in [5, 5.41) is 21.8. The Morgan fingerprint density at radius 2 is 1.77 bits per heavy atom. The molecule has 5 nitrogen and oxygen atoms in total. The second-order valence-electron chi connectivity index (χ2n) is 4.76. The molecule has 0 aliphatic carbocycles. The molecule has 0 bridgehead atoms. The largest absolute Gasteiger partial charge is 0.507 e. The van der Waals surface area contributed by atoms with Gasteiger partial charge >= 0.3 is 0 Å². The molecular formula is C17H12N2O3. The highest BCUT2D eigenvalue weighted by Crippen LogP contribution is 2.20. The smallest absolute Gasteiger partial charge is 0.269 e. The first-order valence-corrected chi connectivity index (χ1v) is 6.65. The Hall–Kier alpha value is -3.21. The molecule has 0 amide bonds. The summed E-state index contributed by atoms with van der Waals surface area (Å²) in [7, 11) is 0. The molecular weight excluding hydrogens is 280 g/mol. The van der Waals surface area contributed by atoms with Crippen molar-refractivity contribution < 1.29 is 10.0 Å². The Labute approximate surface area is 126 Å². The molecule has 2 aromatic carbocycles. The van der Waals surface area contributed by atoms with Gasteiger partial charge in [0, 0.05) is 29.2 Å². The van der Waals surface area contributed by atoms with Crippen LogP contribution in [-0.4, -0.2) is 15.0 Å². The number of hydrogen-bond donors (Lipinski definition) is 1. The van der Waals surface area contributed by atoms with Gasteiger partial charge in [0.15, 0.2) is 0 Å². The summed E-state index contributed by atoms with van der Waals surface area (Å²) in [6.07, 6.45) is 1.54. The zero-order valence-corrected chi connectivity index (χ0v) is 11.5. The number of pyridine rings is 1. The van der Waals surface area contributed by atoms with Gasteiger partial charge in [-0.25, -0.2) is 4.98 Å². The first-order chi connectivity index (χ1) is 10.6. The van der Waals surface area contributed by atoms with Crippen LogP contribution in [-0.2, 0) is 0 Å². The molecule has 108 valence electrons. The lowest BCUT2D eigenvalue weighted by molar-refractivity contribution is -0.384. The van der Waals surface area contributed by atoms with E-state index < -0.39 is 4.92 Å². The lowest BCUT2D eigenvalue weighted by atomic mass is 10.1. The third-order valence-corrected chi connectivity index (χ3v) is 3.28. The molecule has 5 heteroatoms. The maximum Gasteiger partial charge on any atom is 0.269 e. The second kappa shape index (κ2) is 5.65. The van der Waals surface area contributed by atoms with E-state index in [9.17, 15) is 15.2 Å². The van der Waals surface area contributed by atoms with E-state index >= 15 is 0 Å². The van der Waals surface area contributed by atoms with Crippen LogP contribution in [0.3, 0.4) is 0 Å². The number of non-ortho nitro benzene ring substituents is 1. The molecule has 0 fully saturated rings. The highest BCUT2D eigenvalue weighted by Gasteiger charge is 2.06. The maximum atomic E-state index is 10.6. The van der Waals surface area contributed by atoms with E-state index in [1.165, 1.54) is 30.3 Å². The molecule has 0 atom stereocenters. The molecule has 0 aliphatic rings. The van der Waals surface area contributed by atoms with Crippen molar-refractivity contribution in [1.29, 1.82) is 0 Å². The quantitative estimate of drug-likeness (QED) is 0.446. The summed E-state index contributed by atoms with van der Waals surface area (Å²) in [6, 6.07) is 17.2. The number of fused-ring (bicyclic) bond motifs is 1. The van der Waals surface area contributed by atoms with Crippen molar-refractivity contribution in [1.82, 2.24) is 4.98 Å². The van der Waals surface area contributed by atoms with Gasteiger partial charge in [0.05, 0.1) is 16.1 Å². The summed E-state index contributed by atoms with van der Waals surface area (Å²) < 4.78 is 0. The van der Waals surface area contributed by atoms with E-state index in [4.69, 9.17) is 0 Å². The lowest BCUT2D eigenvalue weighted by Gasteiger charge is -2.02. The minimum Gasteiger partial charge on any atom is -0.507 e. The molecule has 0 unspecified atom stereocenters. The third kappa shape index (κ3) is 2.78. The number of aliphatic hydroxyl groups is 1. The second-order valence-corrected chi connectivity index (χ2v) is 4.76. The van der Waals surface area contributed by atoms with E-state index in [-0.39, 0.29) is 11.4 Å². The molecule has 3 aromatic rings. The molecule has 0 saturated heterocycles. The highest BCUT2D eigenvalue weighted by atomic mass is 16.6. The van der Waals surface area contributed by atoms with E-state index in [1.807, 2.05) is 36.4 Å². The molecule has 1 heterocycles. The molecule has 22 heavy (non-hydrogen) atoms. The molecule has 1 N–H and O–H groups in total. The molecule has 1 aromatic heterocycles. The number of hydrogen-bond acceptors (Lipinski definition) is 4.